The van der Waals surface area contributed by atoms with E-state index in [9.17, 15) is 9.59 Å². The van der Waals surface area contributed by atoms with Crippen LogP contribution in [0.15, 0.2) is 54.6 Å². The molecule has 3 rings (SSSR count). The molecule has 0 spiro atoms. The first-order valence-electron chi connectivity index (χ1n) is 11.6. The number of anilines is 1. The van der Waals surface area contributed by atoms with Gasteiger partial charge in [0.2, 0.25) is 5.91 Å². The molecule has 0 unspecified atom stereocenters. The zero-order valence-corrected chi connectivity index (χ0v) is 21.9. The summed E-state index contributed by atoms with van der Waals surface area (Å²) in [6.45, 7) is 10.5. The normalized spacial score (nSPS) is 11.4. The van der Waals surface area contributed by atoms with E-state index in [1.165, 1.54) is 4.90 Å². The van der Waals surface area contributed by atoms with Crippen LogP contribution in [0.5, 0.6) is 5.75 Å². The van der Waals surface area contributed by atoms with E-state index in [2.05, 4.69) is 26.1 Å². The van der Waals surface area contributed by atoms with Crippen molar-refractivity contribution in [1.82, 2.24) is 14.7 Å². The molecule has 2 aromatic carbocycles. The number of hydrogen-bond donors (Lipinski definition) is 1. The minimum atomic E-state index is -0.318. The monoisotopic (exact) mass is 496 g/mol. The van der Waals surface area contributed by atoms with Gasteiger partial charge in [0.05, 0.1) is 29.1 Å². The Balaban J connectivity index is 1.88. The molecular formula is C27H33ClN4O3. The summed E-state index contributed by atoms with van der Waals surface area (Å²) in [4.78, 5) is 27.9. The molecule has 2 amide bonds. The summed E-state index contributed by atoms with van der Waals surface area (Å²) < 4.78 is 6.95. The van der Waals surface area contributed by atoms with Crippen LogP contribution in [0.4, 0.5) is 5.82 Å². The number of rotatable bonds is 8. The van der Waals surface area contributed by atoms with Gasteiger partial charge in [-0.1, -0.05) is 58.4 Å². The SMILES string of the molecule is COc1ccc(-n2nc(C(C)(C)C)cc2NC(=O)CN(CC(C)C)C(=O)c2ccccc2Cl)cc1. The fraction of sp³-hybridized carbons (Fsp3) is 0.370. The van der Waals surface area contributed by atoms with Crippen LogP contribution in [0.3, 0.4) is 0 Å². The first kappa shape index (κ1) is 26.3. The lowest BCUT2D eigenvalue weighted by Crippen LogP contribution is -2.40. The summed E-state index contributed by atoms with van der Waals surface area (Å²) in [5, 5.41) is 8.06. The summed E-state index contributed by atoms with van der Waals surface area (Å²) in [5.74, 6) is 0.830. The second-order valence-corrected chi connectivity index (χ2v) is 10.3. The lowest BCUT2D eigenvalue weighted by Gasteiger charge is -2.24. The zero-order chi connectivity index (χ0) is 25.8. The number of carbonyl (C=O) groups is 2. The molecular weight excluding hydrogens is 464 g/mol. The van der Waals surface area contributed by atoms with Crippen molar-refractivity contribution in [3.63, 3.8) is 0 Å². The minimum Gasteiger partial charge on any atom is -0.497 e. The molecule has 7 nitrogen and oxygen atoms in total. The molecule has 0 fully saturated rings. The van der Waals surface area contributed by atoms with Crippen LogP contribution in [0.2, 0.25) is 5.02 Å². The largest absolute Gasteiger partial charge is 0.497 e. The highest BCUT2D eigenvalue weighted by Crippen LogP contribution is 2.27. The van der Waals surface area contributed by atoms with Crippen LogP contribution in [-0.4, -0.2) is 46.7 Å². The molecule has 186 valence electrons. The van der Waals surface area contributed by atoms with Crippen molar-refractivity contribution in [3.8, 4) is 11.4 Å². The summed E-state index contributed by atoms with van der Waals surface area (Å²) >= 11 is 6.25. The van der Waals surface area contributed by atoms with E-state index in [-0.39, 0.29) is 29.7 Å². The predicted octanol–water partition coefficient (Wildman–Crippen LogP) is 5.57. The van der Waals surface area contributed by atoms with Gasteiger partial charge in [-0.15, -0.1) is 0 Å². The fourth-order valence-electron chi connectivity index (χ4n) is 3.58. The smallest absolute Gasteiger partial charge is 0.255 e. The van der Waals surface area contributed by atoms with Gasteiger partial charge in [-0.05, 0) is 42.3 Å². The number of benzene rings is 2. The number of halogens is 1. The Morgan fingerprint density at radius 3 is 2.34 bits per heavy atom. The van der Waals surface area contributed by atoms with Crippen molar-refractivity contribution in [2.24, 2.45) is 5.92 Å². The third kappa shape index (κ3) is 6.63. The number of methoxy groups -OCH3 is 1. The van der Waals surface area contributed by atoms with Gasteiger partial charge in [0, 0.05) is 18.0 Å². The topological polar surface area (TPSA) is 76.5 Å². The molecule has 1 aromatic heterocycles. The van der Waals surface area contributed by atoms with E-state index in [1.54, 1.807) is 36.1 Å². The Morgan fingerprint density at radius 1 is 1.11 bits per heavy atom. The first-order valence-corrected chi connectivity index (χ1v) is 12.0. The van der Waals surface area contributed by atoms with Gasteiger partial charge >= 0.3 is 0 Å². The number of carbonyl (C=O) groups excluding carboxylic acids is 2. The highest BCUT2D eigenvalue weighted by atomic mass is 35.5. The summed E-state index contributed by atoms with van der Waals surface area (Å²) in [6, 6.07) is 16.2. The van der Waals surface area contributed by atoms with Crippen molar-refractivity contribution in [1.29, 1.82) is 0 Å². The molecule has 0 saturated heterocycles. The number of ether oxygens (including phenoxy) is 1. The van der Waals surface area contributed by atoms with E-state index < -0.39 is 0 Å². The van der Waals surface area contributed by atoms with E-state index >= 15 is 0 Å². The summed E-state index contributed by atoms with van der Waals surface area (Å²) in [5.41, 5.74) is 1.76. The molecule has 0 atom stereocenters. The fourth-order valence-corrected chi connectivity index (χ4v) is 3.79. The van der Waals surface area contributed by atoms with E-state index in [4.69, 9.17) is 21.4 Å². The highest BCUT2D eigenvalue weighted by molar-refractivity contribution is 6.33. The molecule has 1 heterocycles. The molecule has 0 aliphatic heterocycles. The Bertz CT molecular complexity index is 1180. The minimum absolute atomic E-state index is 0.110. The molecule has 8 heteroatoms. The zero-order valence-electron chi connectivity index (χ0n) is 21.1. The lowest BCUT2D eigenvalue weighted by atomic mass is 9.92. The number of aromatic nitrogens is 2. The molecule has 0 radical (unpaired) electrons. The maximum atomic E-state index is 13.2. The maximum absolute atomic E-state index is 13.2. The number of nitrogens with zero attached hydrogens (tertiary/aromatic N) is 3. The van der Waals surface area contributed by atoms with Gasteiger partial charge < -0.3 is 15.0 Å². The van der Waals surface area contributed by atoms with Crippen molar-refractivity contribution in [3.05, 3.63) is 70.9 Å². The second-order valence-electron chi connectivity index (χ2n) is 9.88. The summed E-state index contributed by atoms with van der Waals surface area (Å²) in [7, 11) is 1.61. The Labute approximate surface area is 212 Å². The number of amides is 2. The van der Waals surface area contributed by atoms with Crippen LogP contribution in [-0.2, 0) is 10.2 Å². The Morgan fingerprint density at radius 2 is 1.77 bits per heavy atom. The Kier molecular flexibility index (Phi) is 8.22. The maximum Gasteiger partial charge on any atom is 0.255 e. The van der Waals surface area contributed by atoms with Gasteiger partial charge in [0.25, 0.3) is 5.91 Å². The first-order chi connectivity index (χ1) is 16.5. The van der Waals surface area contributed by atoms with Gasteiger partial charge in [0.15, 0.2) is 0 Å². The average Bonchev–Trinajstić information content (AvgIpc) is 3.22. The van der Waals surface area contributed by atoms with Gasteiger partial charge in [-0.2, -0.15) is 5.10 Å². The Hall–Kier alpha value is -3.32. The van der Waals surface area contributed by atoms with Gasteiger partial charge in [-0.3, -0.25) is 9.59 Å². The van der Waals surface area contributed by atoms with Crippen LogP contribution in [0.25, 0.3) is 5.69 Å². The van der Waals surface area contributed by atoms with Crippen LogP contribution in [0.1, 0.15) is 50.7 Å². The number of hydrogen-bond acceptors (Lipinski definition) is 4. The second kappa shape index (κ2) is 11.0. The molecule has 1 N–H and O–H groups in total. The molecule has 0 aliphatic carbocycles. The molecule has 3 aromatic rings. The third-order valence-electron chi connectivity index (χ3n) is 5.37. The standard InChI is InChI=1S/C27H33ClN4O3/c1-18(2)16-31(26(34)21-9-7-8-10-22(21)28)17-25(33)29-24-15-23(27(3,4)5)30-32(24)19-11-13-20(35-6)14-12-19/h7-15,18H,16-17H2,1-6H3,(H,29,33). The van der Waals surface area contributed by atoms with E-state index in [0.29, 0.717) is 22.9 Å². The molecule has 0 saturated carbocycles. The highest BCUT2D eigenvalue weighted by Gasteiger charge is 2.24. The van der Waals surface area contributed by atoms with Crippen molar-refractivity contribution in [2.45, 2.75) is 40.0 Å². The third-order valence-corrected chi connectivity index (χ3v) is 5.70. The molecule has 0 bridgehead atoms. The van der Waals surface area contributed by atoms with E-state index in [1.807, 2.05) is 44.2 Å². The molecule has 0 aliphatic rings. The van der Waals surface area contributed by atoms with Crippen LogP contribution < -0.4 is 10.1 Å². The molecule has 35 heavy (non-hydrogen) atoms. The van der Waals surface area contributed by atoms with Gasteiger partial charge in [-0.25, -0.2) is 4.68 Å². The predicted molar refractivity (Wildman–Crippen MR) is 140 cm³/mol. The van der Waals surface area contributed by atoms with Crippen molar-refractivity contribution in [2.75, 3.05) is 25.5 Å². The van der Waals surface area contributed by atoms with Crippen LogP contribution >= 0.6 is 11.6 Å². The van der Waals surface area contributed by atoms with Crippen molar-refractivity contribution < 1.29 is 14.3 Å². The van der Waals surface area contributed by atoms with Crippen molar-refractivity contribution >= 4 is 29.2 Å². The average molecular weight is 497 g/mol. The van der Waals surface area contributed by atoms with Crippen LogP contribution in [0, 0.1) is 5.92 Å². The lowest BCUT2D eigenvalue weighted by molar-refractivity contribution is -0.117. The quantitative estimate of drug-likeness (QED) is 0.442. The summed E-state index contributed by atoms with van der Waals surface area (Å²) in [6.07, 6.45) is 0. The van der Waals surface area contributed by atoms with Gasteiger partial charge in [0.1, 0.15) is 18.1 Å². The number of nitrogens with one attached hydrogen (secondary N) is 1. The van der Waals surface area contributed by atoms with E-state index in [0.717, 1.165) is 17.1 Å².